The van der Waals surface area contributed by atoms with Gasteiger partial charge >= 0.3 is 5.97 Å². The summed E-state index contributed by atoms with van der Waals surface area (Å²) >= 11 is 0. The summed E-state index contributed by atoms with van der Waals surface area (Å²) in [5.41, 5.74) is 3.14. The van der Waals surface area contributed by atoms with Gasteiger partial charge in [0.15, 0.2) is 5.82 Å². The van der Waals surface area contributed by atoms with Crippen molar-refractivity contribution in [3.63, 3.8) is 0 Å². The summed E-state index contributed by atoms with van der Waals surface area (Å²) in [4.78, 5) is 33.3. The molecule has 0 radical (unpaired) electrons. The van der Waals surface area contributed by atoms with E-state index in [2.05, 4.69) is 35.3 Å². The number of pyridine rings is 2. The fraction of sp³-hybridized carbons (Fsp3) is 0.0870. The molecular formula is C23H18N8O2. The monoisotopic (exact) mass is 438 g/mol. The highest BCUT2D eigenvalue weighted by Gasteiger charge is 2.12. The van der Waals surface area contributed by atoms with Crippen LogP contribution in [0.3, 0.4) is 0 Å². The lowest BCUT2D eigenvalue weighted by Crippen LogP contribution is -2.06. The lowest BCUT2D eigenvalue weighted by molar-refractivity contribution is 0.0696. The van der Waals surface area contributed by atoms with Gasteiger partial charge in [-0.3, -0.25) is 4.98 Å². The van der Waals surface area contributed by atoms with Gasteiger partial charge in [-0.2, -0.15) is 0 Å². The molecule has 0 aliphatic carbocycles. The molecule has 0 unspecified atom stereocenters. The van der Waals surface area contributed by atoms with Crippen molar-refractivity contribution in [2.24, 2.45) is 0 Å². The number of aromatic nitrogens is 7. The second kappa shape index (κ2) is 8.42. The van der Waals surface area contributed by atoms with Gasteiger partial charge < -0.3 is 10.4 Å². The zero-order valence-electron chi connectivity index (χ0n) is 17.5. The van der Waals surface area contributed by atoms with E-state index < -0.39 is 5.97 Å². The van der Waals surface area contributed by atoms with E-state index in [9.17, 15) is 4.79 Å². The zero-order chi connectivity index (χ0) is 22.8. The molecule has 0 saturated carbocycles. The molecule has 2 N–H and O–H groups in total. The Hall–Kier alpha value is -4.73. The maximum Gasteiger partial charge on any atom is 0.337 e. The SMILES string of the molecule is Cc1cccc(-c2nc(Nc3ccnc(Cc4ccc(C(=O)O)cn4)n3)c3cccn3n2)n1. The minimum Gasteiger partial charge on any atom is -0.478 e. The molecule has 0 aromatic carbocycles. The van der Waals surface area contributed by atoms with Gasteiger partial charge in [0.1, 0.15) is 22.9 Å². The zero-order valence-corrected chi connectivity index (χ0v) is 17.5. The largest absolute Gasteiger partial charge is 0.478 e. The minimum absolute atomic E-state index is 0.133. The number of carbonyl (C=O) groups is 1. The minimum atomic E-state index is -1.02. The second-order valence-corrected chi connectivity index (χ2v) is 7.29. The Morgan fingerprint density at radius 1 is 1.03 bits per heavy atom. The topological polar surface area (TPSA) is 131 Å². The van der Waals surface area contributed by atoms with Crippen molar-refractivity contribution in [2.75, 3.05) is 5.32 Å². The second-order valence-electron chi connectivity index (χ2n) is 7.29. The van der Waals surface area contributed by atoms with E-state index in [1.807, 2.05) is 43.5 Å². The predicted molar refractivity (Wildman–Crippen MR) is 120 cm³/mol. The van der Waals surface area contributed by atoms with Crippen molar-refractivity contribution in [3.8, 4) is 11.5 Å². The van der Waals surface area contributed by atoms with Crippen LogP contribution in [0.25, 0.3) is 17.0 Å². The number of carboxylic acids is 1. The molecule has 33 heavy (non-hydrogen) atoms. The summed E-state index contributed by atoms with van der Waals surface area (Å²) < 4.78 is 1.74. The molecule has 0 aliphatic rings. The van der Waals surface area contributed by atoms with Crippen LogP contribution in [0.15, 0.2) is 67.1 Å². The Labute approximate surface area is 188 Å². The molecule has 0 spiro atoms. The van der Waals surface area contributed by atoms with E-state index in [0.717, 1.165) is 11.2 Å². The molecule has 10 nitrogen and oxygen atoms in total. The third kappa shape index (κ3) is 4.35. The van der Waals surface area contributed by atoms with Gasteiger partial charge in [-0.25, -0.2) is 29.2 Å². The Bertz CT molecular complexity index is 1460. The van der Waals surface area contributed by atoms with Crippen LogP contribution in [0.1, 0.15) is 27.6 Å². The number of aromatic carboxylic acids is 1. The summed E-state index contributed by atoms with van der Waals surface area (Å²) in [6.45, 7) is 1.92. The fourth-order valence-electron chi connectivity index (χ4n) is 3.30. The van der Waals surface area contributed by atoms with Crippen LogP contribution in [0.5, 0.6) is 0 Å². The van der Waals surface area contributed by atoms with Crippen LogP contribution in [-0.4, -0.2) is 45.6 Å². The smallest absolute Gasteiger partial charge is 0.337 e. The summed E-state index contributed by atoms with van der Waals surface area (Å²) in [6, 6.07) is 14.4. The molecule has 0 aliphatic heterocycles. The summed E-state index contributed by atoms with van der Waals surface area (Å²) in [5.74, 6) is 1.16. The first-order chi connectivity index (χ1) is 16.0. The van der Waals surface area contributed by atoms with E-state index >= 15 is 0 Å². The van der Waals surface area contributed by atoms with E-state index in [1.165, 1.54) is 12.3 Å². The lowest BCUT2D eigenvalue weighted by atomic mass is 10.2. The number of nitrogens with one attached hydrogen (secondary N) is 1. The molecule has 5 aromatic heterocycles. The molecule has 0 bridgehead atoms. The molecule has 0 saturated heterocycles. The number of aryl methyl sites for hydroxylation is 1. The molecule has 5 aromatic rings. The number of anilines is 2. The van der Waals surface area contributed by atoms with Crippen LogP contribution in [0.4, 0.5) is 11.6 Å². The number of nitrogens with zero attached hydrogens (tertiary/aromatic N) is 7. The first kappa shape index (κ1) is 20.2. The van der Waals surface area contributed by atoms with E-state index in [-0.39, 0.29) is 5.56 Å². The summed E-state index contributed by atoms with van der Waals surface area (Å²) in [6.07, 6.45) is 5.18. The average molecular weight is 438 g/mol. The van der Waals surface area contributed by atoms with Gasteiger partial charge in [-0.15, -0.1) is 5.10 Å². The van der Waals surface area contributed by atoms with E-state index in [1.54, 1.807) is 22.8 Å². The molecular weight excluding hydrogens is 420 g/mol. The van der Waals surface area contributed by atoms with Crippen molar-refractivity contribution < 1.29 is 9.90 Å². The third-order valence-electron chi connectivity index (χ3n) is 4.87. The lowest BCUT2D eigenvalue weighted by Gasteiger charge is -2.10. The molecule has 10 heteroatoms. The highest BCUT2D eigenvalue weighted by atomic mass is 16.4. The number of hydrogen-bond donors (Lipinski definition) is 2. The van der Waals surface area contributed by atoms with E-state index in [4.69, 9.17) is 5.11 Å². The fourth-order valence-corrected chi connectivity index (χ4v) is 3.30. The number of fused-ring (bicyclic) bond motifs is 1. The Kier molecular flexibility index (Phi) is 5.15. The Morgan fingerprint density at radius 3 is 2.73 bits per heavy atom. The van der Waals surface area contributed by atoms with Crippen molar-refractivity contribution in [2.45, 2.75) is 13.3 Å². The van der Waals surface area contributed by atoms with Crippen molar-refractivity contribution in [3.05, 3.63) is 89.9 Å². The summed E-state index contributed by atoms with van der Waals surface area (Å²) in [5, 5.41) is 16.8. The molecule has 162 valence electrons. The van der Waals surface area contributed by atoms with Crippen LogP contribution in [0, 0.1) is 6.92 Å². The average Bonchev–Trinajstić information content (AvgIpc) is 3.29. The predicted octanol–water partition coefficient (Wildman–Crippen LogP) is 3.32. The van der Waals surface area contributed by atoms with Crippen LogP contribution >= 0.6 is 0 Å². The summed E-state index contributed by atoms with van der Waals surface area (Å²) in [7, 11) is 0. The maximum atomic E-state index is 11.0. The quantitative estimate of drug-likeness (QED) is 0.410. The van der Waals surface area contributed by atoms with Crippen LogP contribution in [0.2, 0.25) is 0 Å². The molecule has 5 rings (SSSR count). The highest BCUT2D eigenvalue weighted by Crippen LogP contribution is 2.22. The van der Waals surface area contributed by atoms with Crippen LogP contribution < -0.4 is 5.32 Å². The third-order valence-corrected chi connectivity index (χ3v) is 4.87. The Morgan fingerprint density at radius 2 is 1.94 bits per heavy atom. The van der Waals surface area contributed by atoms with Crippen LogP contribution in [-0.2, 0) is 6.42 Å². The van der Waals surface area contributed by atoms with Gasteiger partial charge in [0.05, 0.1) is 12.0 Å². The van der Waals surface area contributed by atoms with Gasteiger partial charge in [0.2, 0.25) is 5.82 Å². The molecule has 0 fully saturated rings. The molecule has 0 atom stereocenters. The molecule has 0 amide bonds. The van der Waals surface area contributed by atoms with Gasteiger partial charge in [0, 0.05) is 30.0 Å². The first-order valence-corrected chi connectivity index (χ1v) is 10.1. The maximum absolute atomic E-state index is 11.0. The van der Waals surface area contributed by atoms with Gasteiger partial charge in [-0.1, -0.05) is 6.07 Å². The normalized spacial score (nSPS) is 10.9. The number of rotatable bonds is 6. The van der Waals surface area contributed by atoms with Gasteiger partial charge in [0.25, 0.3) is 0 Å². The first-order valence-electron chi connectivity index (χ1n) is 10.1. The van der Waals surface area contributed by atoms with Gasteiger partial charge in [-0.05, 0) is 49.4 Å². The van der Waals surface area contributed by atoms with Crippen molar-refractivity contribution in [1.82, 2.24) is 34.5 Å². The van der Waals surface area contributed by atoms with Crippen molar-refractivity contribution >= 4 is 23.1 Å². The Balaban J connectivity index is 1.44. The number of carboxylic acid groups (broad SMARTS) is 1. The highest BCUT2D eigenvalue weighted by molar-refractivity contribution is 5.87. The van der Waals surface area contributed by atoms with Crippen molar-refractivity contribution in [1.29, 1.82) is 0 Å². The number of hydrogen-bond acceptors (Lipinski definition) is 8. The standard InChI is InChI=1S/C23H18N8O2/c1-14-4-2-5-17(26-14)21-29-22(18-6-3-11-31(18)30-21)28-19-9-10-24-20(27-19)12-16-8-7-15(13-25-16)23(32)33/h2-11,13H,12H2,1H3,(H,32,33)(H,24,27,28,29,30). The molecule has 5 heterocycles. The van der Waals surface area contributed by atoms with E-state index in [0.29, 0.717) is 41.1 Å².